The van der Waals surface area contributed by atoms with Crippen molar-refractivity contribution in [2.45, 2.75) is 39.4 Å². The van der Waals surface area contributed by atoms with E-state index < -0.39 is 0 Å². The van der Waals surface area contributed by atoms with E-state index in [0.717, 1.165) is 25.5 Å². The molecule has 0 saturated heterocycles. The van der Waals surface area contributed by atoms with Crippen LogP contribution in [0.2, 0.25) is 0 Å². The molecule has 0 bridgehead atoms. The second-order valence-corrected chi connectivity index (χ2v) is 5.39. The molecule has 0 aliphatic heterocycles. The Bertz CT molecular complexity index is 432. The van der Waals surface area contributed by atoms with Crippen LogP contribution in [-0.4, -0.2) is 38.0 Å². The molecule has 0 fully saturated rings. The van der Waals surface area contributed by atoms with Crippen molar-refractivity contribution in [3.05, 3.63) is 35.4 Å². The van der Waals surface area contributed by atoms with Gasteiger partial charge in [-0.1, -0.05) is 31.2 Å². The van der Waals surface area contributed by atoms with Gasteiger partial charge >= 0.3 is 0 Å². The summed E-state index contributed by atoms with van der Waals surface area (Å²) in [5.74, 6) is 0.860. The zero-order valence-electron chi connectivity index (χ0n) is 13.8. The van der Waals surface area contributed by atoms with E-state index in [1.165, 1.54) is 11.1 Å². The largest absolute Gasteiger partial charge is 0.354 e. The van der Waals surface area contributed by atoms with Crippen molar-refractivity contribution < 1.29 is 0 Å². The van der Waals surface area contributed by atoms with E-state index >= 15 is 0 Å². The lowest BCUT2D eigenvalue weighted by Gasteiger charge is -2.18. The second-order valence-electron chi connectivity index (χ2n) is 5.39. The van der Waals surface area contributed by atoms with Crippen LogP contribution in [0.5, 0.6) is 0 Å². The standard InChI is InChI=1S/C16H28N4.HI/c1-6-13(2)19-16(17-3)18-11-14-9-7-8-10-15(14)12-20(4)5;/h7-10,13H,6,11-12H2,1-5H3,(H2,17,18,19);1H. The van der Waals surface area contributed by atoms with Crippen LogP contribution in [0.4, 0.5) is 0 Å². The van der Waals surface area contributed by atoms with Crippen LogP contribution in [0.15, 0.2) is 29.3 Å². The van der Waals surface area contributed by atoms with Gasteiger partial charge < -0.3 is 15.5 Å². The molecule has 1 aromatic rings. The Morgan fingerprint density at radius 3 is 2.38 bits per heavy atom. The molecular weight excluding hydrogens is 375 g/mol. The van der Waals surface area contributed by atoms with E-state index in [1.807, 2.05) is 7.05 Å². The number of hydrogen-bond acceptors (Lipinski definition) is 2. The number of benzene rings is 1. The van der Waals surface area contributed by atoms with E-state index in [1.54, 1.807) is 0 Å². The van der Waals surface area contributed by atoms with Gasteiger partial charge in [-0.25, -0.2) is 0 Å². The van der Waals surface area contributed by atoms with Gasteiger partial charge in [-0.3, -0.25) is 4.99 Å². The molecule has 120 valence electrons. The molecule has 0 heterocycles. The van der Waals surface area contributed by atoms with Gasteiger partial charge in [0.1, 0.15) is 0 Å². The molecule has 1 aromatic carbocycles. The van der Waals surface area contributed by atoms with Crippen LogP contribution >= 0.6 is 24.0 Å². The number of nitrogens with zero attached hydrogens (tertiary/aromatic N) is 2. The van der Waals surface area contributed by atoms with E-state index in [4.69, 9.17) is 0 Å². The molecule has 0 spiro atoms. The number of aliphatic imine (C=N–C) groups is 1. The zero-order valence-corrected chi connectivity index (χ0v) is 16.1. The van der Waals surface area contributed by atoms with Crippen molar-refractivity contribution >= 4 is 29.9 Å². The molecule has 4 nitrogen and oxygen atoms in total. The van der Waals surface area contributed by atoms with Gasteiger partial charge in [-0.2, -0.15) is 0 Å². The quantitative estimate of drug-likeness (QED) is 0.435. The lowest BCUT2D eigenvalue weighted by Crippen LogP contribution is -2.41. The lowest BCUT2D eigenvalue weighted by atomic mass is 10.1. The maximum absolute atomic E-state index is 4.27. The third-order valence-electron chi connectivity index (χ3n) is 3.27. The van der Waals surface area contributed by atoms with Crippen LogP contribution < -0.4 is 10.6 Å². The zero-order chi connectivity index (χ0) is 15.0. The summed E-state index contributed by atoms with van der Waals surface area (Å²) in [6, 6.07) is 8.96. The van der Waals surface area contributed by atoms with E-state index in [0.29, 0.717) is 6.04 Å². The van der Waals surface area contributed by atoms with Crippen LogP contribution in [0.3, 0.4) is 0 Å². The third-order valence-corrected chi connectivity index (χ3v) is 3.27. The monoisotopic (exact) mass is 404 g/mol. The summed E-state index contributed by atoms with van der Waals surface area (Å²) in [4.78, 5) is 6.45. The van der Waals surface area contributed by atoms with Crippen LogP contribution in [-0.2, 0) is 13.1 Å². The van der Waals surface area contributed by atoms with Gasteiger partial charge in [-0.15, -0.1) is 24.0 Å². The Morgan fingerprint density at radius 1 is 1.24 bits per heavy atom. The van der Waals surface area contributed by atoms with Crippen molar-refractivity contribution in [2.75, 3.05) is 21.1 Å². The maximum atomic E-state index is 4.27. The van der Waals surface area contributed by atoms with Gasteiger partial charge in [0.25, 0.3) is 0 Å². The van der Waals surface area contributed by atoms with Gasteiger partial charge in [0, 0.05) is 26.2 Å². The molecule has 0 saturated carbocycles. The average molecular weight is 404 g/mol. The SMILES string of the molecule is CCC(C)NC(=NC)NCc1ccccc1CN(C)C.I. The maximum Gasteiger partial charge on any atom is 0.191 e. The van der Waals surface area contributed by atoms with Crippen molar-refractivity contribution in [3.8, 4) is 0 Å². The highest BCUT2D eigenvalue weighted by molar-refractivity contribution is 14.0. The van der Waals surface area contributed by atoms with Crippen molar-refractivity contribution in [2.24, 2.45) is 4.99 Å². The molecule has 1 unspecified atom stereocenters. The highest BCUT2D eigenvalue weighted by atomic mass is 127. The predicted octanol–water partition coefficient (Wildman–Crippen LogP) is 2.83. The van der Waals surface area contributed by atoms with E-state index in [-0.39, 0.29) is 24.0 Å². The number of nitrogens with one attached hydrogen (secondary N) is 2. The summed E-state index contributed by atoms with van der Waals surface area (Å²) in [7, 11) is 5.99. The summed E-state index contributed by atoms with van der Waals surface area (Å²) >= 11 is 0. The van der Waals surface area contributed by atoms with Crippen LogP contribution in [0, 0.1) is 0 Å². The van der Waals surface area contributed by atoms with Crippen molar-refractivity contribution in [1.82, 2.24) is 15.5 Å². The van der Waals surface area contributed by atoms with Gasteiger partial charge in [-0.05, 0) is 38.6 Å². The first-order valence-corrected chi connectivity index (χ1v) is 7.25. The first-order chi connectivity index (χ1) is 9.56. The molecule has 0 aromatic heterocycles. The predicted molar refractivity (Wildman–Crippen MR) is 102 cm³/mol. The fraction of sp³-hybridized carbons (Fsp3) is 0.562. The summed E-state index contributed by atoms with van der Waals surface area (Å²) in [5, 5.41) is 6.76. The number of rotatable bonds is 6. The van der Waals surface area contributed by atoms with Gasteiger partial charge in [0.05, 0.1) is 0 Å². The highest BCUT2D eigenvalue weighted by Gasteiger charge is 2.06. The molecule has 1 atom stereocenters. The number of hydrogen-bond donors (Lipinski definition) is 2. The lowest BCUT2D eigenvalue weighted by molar-refractivity contribution is 0.400. The summed E-state index contributed by atoms with van der Waals surface area (Å²) in [6.45, 7) is 6.07. The second kappa shape index (κ2) is 10.8. The normalized spacial score (nSPS) is 12.8. The molecule has 0 aliphatic carbocycles. The first kappa shape index (κ1) is 20.2. The minimum Gasteiger partial charge on any atom is -0.354 e. The summed E-state index contributed by atoms with van der Waals surface area (Å²) in [5.41, 5.74) is 2.66. The minimum absolute atomic E-state index is 0. The minimum atomic E-state index is 0. The Hall–Kier alpha value is -0.820. The smallest absolute Gasteiger partial charge is 0.191 e. The summed E-state index contributed by atoms with van der Waals surface area (Å²) in [6.07, 6.45) is 1.08. The first-order valence-electron chi connectivity index (χ1n) is 7.25. The van der Waals surface area contributed by atoms with Gasteiger partial charge in [0.15, 0.2) is 5.96 Å². The Kier molecular flexibility index (Phi) is 10.4. The van der Waals surface area contributed by atoms with Crippen LogP contribution in [0.25, 0.3) is 0 Å². The Morgan fingerprint density at radius 2 is 1.86 bits per heavy atom. The highest BCUT2D eigenvalue weighted by Crippen LogP contribution is 2.10. The number of guanidine groups is 1. The fourth-order valence-electron chi connectivity index (χ4n) is 1.93. The van der Waals surface area contributed by atoms with E-state index in [2.05, 4.69) is 72.7 Å². The average Bonchev–Trinajstić information content (AvgIpc) is 2.43. The molecule has 0 aliphatic rings. The molecule has 0 radical (unpaired) electrons. The Labute approximate surface area is 146 Å². The topological polar surface area (TPSA) is 39.7 Å². The molecule has 1 rings (SSSR count). The molecule has 21 heavy (non-hydrogen) atoms. The molecular formula is C16H29IN4. The Balaban J connectivity index is 0.00000400. The number of halogens is 1. The molecule has 0 amide bonds. The van der Waals surface area contributed by atoms with E-state index in [9.17, 15) is 0 Å². The third kappa shape index (κ3) is 7.66. The molecule has 2 N–H and O–H groups in total. The van der Waals surface area contributed by atoms with Gasteiger partial charge in [0.2, 0.25) is 0 Å². The van der Waals surface area contributed by atoms with Crippen molar-refractivity contribution in [3.63, 3.8) is 0 Å². The van der Waals surface area contributed by atoms with Crippen molar-refractivity contribution in [1.29, 1.82) is 0 Å². The van der Waals surface area contributed by atoms with Crippen LogP contribution in [0.1, 0.15) is 31.4 Å². The summed E-state index contributed by atoms with van der Waals surface area (Å²) < 4.78 is 0. The molecule has 5 heteroatoms. The fourth-order valence-corrected chi connectivity index (χ4v) is 1.93.